The maximum atomic E-state index is 12.3. The number of hydrogen-bond donors (Lipinski definition) is 1. The molecule has 7 heteroatoms. The Bertz CT molecular complexity index is 1040. The van der Waals surface area contributed by atoms with Crippen LogP contribution in [0.4, 0.5) is 0 Å². The highest BCUT2D eigenvalue weighted by molar-refractivity contribution is 5.92. The third kappa shape index (κ3) is 4.52. The van der Waals surface area contributed by atoms with Gasteiger partial charge in [-0.15, -0.1) is 0 Å². The highest BCUT2D eigenvalue weighted by Crippen LogP contribution is 2.19. The van der Waals surface area contributed by atoms with Gasteiger partial charge in [0, 0.05) is 36.7 Å². The summed E-state index contributed by atoms with van der Waals surface area (Å²) < 4.78 is 10.6. The van der Waals surface area contributed by atoms with Crippen molar-refractivity contribution in [2.75, 3.05) is 13.7 Å². The standard InChI is InChI=1S/C20H18N2O5/c1-22(11-13-2-4-15(5-3-13)20(21)25)18(23)12-26-16-8-6-14-7-9-19(24)27-17(14)10-16/h2-10H,11-12H2,1H3,(H2,21,25). The van der Waals surface area contributed by atoms with Crippen LogP contribution < -0.4 is 16.1 Å². The minimum absolute atomic E-state index is 0.154. The van der Waals surface area contributed by atoms with Gasteiger partial charge in [0.25, 0.3) is 5.91 Å². The predicted molar refractivity (Wildman–Crippen MR) is 99.4 cm³/mol. The zero-order valence-electron chi connectivity index (χ0n) is 14.7. The molecular formula is C20H18N2O5. The Kier molecular flexibility index (Phi) is 5.21. The molecule has 0 spiro atoms. The number of rotatable bonds is 6. The van der Waals surface area contributed by atoms with Gasteiger partial charge in [-0.25, -0.2) is 4.79 Å². The van der Waals surface area contributed by atoms with Gasteiger partial charge in [0.2, 0.25) is 5.91 Å². The first-order valence-corrected chi connectivity index (χ1v) is 8.22. The lowest BCUT2D eigenvalue weighted by atomic mass is 10.1. The number of nitrogens with two attached hydrogens (primary N) is 1. The van der Waals surface area contributed by atoms with Gasteiger partial charge in [-0.05, 0) is 35.9 Å². The molecule has 7 nitrogen and oxygen atoms in total. The van der Waals surface area contributed by atoms with Crippen molar-refractivity contribution in [1.29, 1.82) is 0 Å². The molecule has 138 valence electrons. The van der Waals surface area contributed by atoms with Crippen molar-refractivity contribution in [1.82, 2.24) is 4.90 Å². The fraction of sp³-hybridized carbons (Fsp3) is 0.150. The molecule has 0 aliphatic rings. The fourth-order valence-electron chi connectivity index (χ4n) is 2.52. The van der Waals surface area contributed by atoms with E-state index in [4.69, 9.17) is 14.9 Å². The summed E-state index contributed by atoms with van der Waals surface area (Å²) in [4.78, 5) is 36.1. The van der Waals surface area contributed by atoms with Gasteiger partial charge in [0.05, 0.1) is 0 Å². The van der Waals surface area contributed by atoms with Crippen LogP contribution in [0, 0.1) is 0 Å². The molecule has 27 heavy (non-hydrogen) atoms. The van der Waals surface area contributed by atoms with Gasteiger partial charge in [0.1, 0.15) is 11.3 Å². The van der Waals surface area contributed by atoms with Gasteiger partial charge in [-0.3, -0.25) is 9.59 Å². The van der Waals surface area contributed by atoms with Crippen LogP contribution in [0.2, 0.25) is 0 Å². The lowest BCUT2D eigenvalue weighted by Gasteiger charge is -2.17. The van der Waals surface area contributed by atoms with Crippen molar-refractivity contribution in [3.63, 3.8) is 0 Å². The number of carbonyl (C=O) groups excluding carboxylic acids is 2. The Hall–Kier alpha value is -3.61. The molecule has 1 heterocycles. The Morgan fingerprint density at radius 3 is 2.48 bits per heavy atom. The molecule has 0 fully saturated rings. The van der Waals surface area contributed by atoms with E-state index < -0.39 is 11.5 Å². The monoisotopic (exact) mass is 366 g/mol. The molecule has 1 aromatic heterocycles. The molecule has 0 aliphatic heterocycles. The first-order chi connectivity index (χ1) is 12.9. The molecule has 0 bridgehead atoms. The first kappa shape index (κ1) is 18.2. The molecule has 3 rings (SSSR count). The van der Waals surface area contributed by atoms with Crippen LogP contribution in [0.3, 0.4) is 0 Å². The average Bonchev–Trinajstić information content (AvgIpc) is 2.66. The van der Waals surface area contributed by atoms with Crippen molar-refractivity contribution in [3.05, 3.63) is 76.1 Å². The first-order valence-electron chi connectivity index (χ1n) is 8.22. The van der Waals surface area contributed by atoms with Crippen molar-refractivity contribution in [2.45, 2.75) is 6.54 Å². The molecule has 2 aromatic carbocycles. The van der Waals surface area contributed by atoms with E-state index in [1.165, 1.54) is 11.0 Å². The van der Waals surface area contributed by atoms with Crippen LogP contribution in [0.5, 0.6) is 5.75 Å². The highest BCUT2D eigenvalue weighted by Gasteiger charge is 2.11. The van der Waals surface area contributed by atoms with E-state index in [9.17, 15) is 14.4 Å². The fourth-order valence-corrected chi connectivity index (χ4v) is 2.52. The number of benzene rings is 2. The number of nitrogens with zero attached hydrogens (tertiary/aromatic N) is 1. The average molecular weight is 366 g/mol. The second-order valence-electron chi connectivity index (χ2n) is 6.05. The van der Waals surface area contributed by atoms with Crippen molar-refractivity contribution < 1.29 is 18.7 Å². The Balaban J connectivity index is 1.59. The van der Waals surface area contributed by atoms with Crippen LogP contribution in [-0.2, 0) is 11.3 Å². The Morgan fingerprint density at radius 2 is 1.78 bits per heavy atom. The molecule has 2 N–H and O–H groups in total. The second kappa shape index (κ2) is 7.74. The molecule has 0 saturated carbocycles. The third-order valence-electron chi connectivity index (χ3n) is 4.04. The van der Waals surface area contributed by atoms with Gasteiger partial charge in [-0.1, -0.05) is 12.1 Å². The van der Waals surface area contributed by atoms with E-state index in [-0.39, 0.29) is 12.5 Å². The molecule has 0 radical (unpaired) electrons. The van der Waals surface area contributed by atoms with E-state index in [0.29, 0.717) is 23.4 Å². The number of carbonyl (C=O) groups is 2. The molecule has 0 saturated heterocycles. The normalized spacial score (nSPS) is 10.6. The highest BCUT2D eigenvalue weighted by atomic mass is 16.5. The summed E-state index contributed by atoms with van der Waals surface area (Å²) in [7, 11) is 1.66. The summed E-state index contributed by atoms with van der Waals surface area (Å²) >= 11 is 0. The maximum Gasteiger partial charge on any atom is 0.336 e. The zero-order chi connectivity index (χ0) is 19.4. The molecular weight excluding hydrogens is 348 g/mol. The van der Waals surface area contributed by atoms with E-state index >= 15 is 0 Å². The molecule has 2 amide bonds. The second-order valence-corrected chi connectivity index (χ2v) is 6.05. The number of fused-ring (bicyclic) bond motifs is 1. The van der Waals surface area contributed by atoms with Crippen LogP contribution >= 0.6 is 0 Å². The molecule has 0 unspecified atom stereocenters. The lowest BCUT2D eigenvalue weighted by molar-refractivity contribution is -0.132. The zero-order valence-corrected chi connectivity index (χ0v) is 14.7. The van der Waals surface area contributed by atoms with E-state index in [1.807, 2.05) is 0 Å². The predicted octanol–water partition coefficient (Wildman–Crippen LogP) is 1.93. The summed E-state index contributed by atoms with van der Waals surface area (Å²) in [5, 5.41) is 0.768. The number of ether oxygens (including phenoxy) is 1. The minimum Gasteiger partial charge on any atom is -0.484 e. The number of primary amides is 1. The van der Waals surface area contributed by atoms with Crippen LogP contribution in [-0.4, -0.2) is 30.4 Å². The van der Waals surface area contributed by atoms with Crippen LogP contribution in [0.1, 0.15) is 15.9 Å². The van der Waals surface area contributed by atoms with Gasteiger partial charge in [0.15, 0.2) is 6.61 Å². The summed E-state index contributed by atoms with van der Waals surface area (Å²) in [6, 6.07) is 14.8. The minimum atomic E-state index is -0.495. The SMILES string of the molecule is CN(Cc1ccc(C(N)=O)cc1)C(=O)COc1ccc2ccc(=O)oc2c1. The summed E-state index contributed by atoms with van der Waals surface area (Å²) in [6.45, 7) is 0.215. The van der Waals surface area contributed by atoms with Crippen molar-refractivity contribution >= 4 is 22.8 Å². The number of hydrogen-bond acceptors (Lipinski definition) is 5. The topological polar surface area (TPSA) is 103 Å². The summed E-state index contributed by atoms with van der Waals surface area (Å²) in [6.07, 6.45) is 0. The lowest BCUT2D eigenvalue weighted by Crippen LogP contribution is -2.31. The molecule has 0 atom stereocenters. The van der Waals surface area contributed by atoms with Gasteiger partial charge < -0.3 is 19.8 Å². The maximum absolute atomic E-state index is 12.3. The Labute approximate surface area is 154 Å². The molecule has 3 aromatic rings. The van der Waals surface area contributed by atoms with E-state index in [2.05, 4.69) is 0 Å². The van der Waals surface area contributed by atoms with Crippen LogP contribution in [0.15, 0.2) is 63.8 Å². The molecule has 0 aliphatic carbocycles. The number of likely N-dealkylation sites (N-methyl/N-ethyl adjacent to an activating group) is 1. The smallest absolute Gasteiger partial charge is 0.336 e. The van der Waals surface area contributed by atoms with E-state index in [1.54, 1.807) is 55.6 Å². The quantitative estimate of drug-likeness (QED) is 0.672. The summed E-state index contributed by atoms with van der Waals surface area (Å²) in [5.41, 5.74) is 6.44. The largest absolute Gasteiger partial charge is 0.484 e. The van der Waals surface area contributed by atoms with Crippen LogP contribution in [0.25, 0.3) is 11.0 Å². The van der Waals surface area contributed by atoms with Crippen molar-refractivity contribution in [3.8, 4) is 5.75 Å². The number of amides is 2. The van der Waals surface area contributed by atoms with Gasteiger partial charge in [-0.2, -0.15) is 0 Å². The summed E-state index contributed by atoms with van der Waals surface area (Å²) in [5.74, 6) is -0.279. The van der Waals surface area contributed by atoms with Crippen molar-refractivity contribution in [2.24, 2.45) is 5.73 Å². The van der Waals surface area contributed by atoms with Gasteiger partial charge >= 0.3 is 5.63 Å². The van der Waals surface area contributed by atoms with E-state index in [0.717, 1.165) is 10.9 Å². The Morgan fingerprint density at radius 1 is 1.07 bits per heavy atom. The third-order valence-corrected chi connectivity index (χ3v) is 4.04.